The van der Waals surface area contributed by atoms with E-state index in [1.165, 1.54) is 48.5 Å². The van der Waals surface area contributed by atoms with E-state index in [2.05, 4.69) is 15.3 Å². The quantitative estimate of drug-likeness (QED) is 0.230. The third-order valence-corrected chi connectivity index (χ3v) is 5.03. The molecule has 1 aliphatic heterocycles. The van der Waals surface area contributed by atoms with Crippen LogP contribution in [0, 0.1) is 0 Å². The van der Waals surface area contributed by atoms with Crippen molar-refractivity contribution in [2.24, 2.45) is 15.3 Å². The average Bonchev–Trinajstić information content (AvgIpc) is 3.03. The Hall–Kier alpha value is -0.130. The first-order valence-corrected chi connectivity index (χ1v) is 9.88. The van der Waals surface area contributed by atoms with Crippen molar-refractivity contribution in [1.29, 1.82) is 0 Å². The summed E-state index contributed by atoms with van der Waals surface area (Å²) in [6.45, 7) is 0. The summed E-state index contributed by atoms with van der Waals surface area (Å²) < 4.78 is 43.5. The average molecular weight is 506 g/mol. The van der Waals surface area contributed by atoms with Gasteiger partial charge in [-0.2, -0.15) is 20.3 Å². The normalized spacial score (nSPS) is 16.9. The molecule has 2 aromatic carbocycles. The number of amides is 1. The van der Waals surface area contributed by atoms with E-state index in [0.29, 0.717) is 0 Å². The van der Waals surface area contributed by atoms with Crippen LogP contribution in [0.15, 0.2) is 73.7 Å². The Balaban J connectivity index is -0.000000801. The number of carboxylic acid groups (broad SMARTS) is 1. The number of anilines is 1. The zero-order valence-corrected chi connectivity index (χ0v) is 24.8. The number of benzene rings is 2. The molecule has 0 fully saturated rings. The van der Waals surface area contributed by atoms with Crippen LogP contribution in [0.5, 0.6) is 0 Å². The van der Waals surface area contributed by atoms with E-state index in [1.54, 1.807) is 0 Å². The SMILES string of the molecule is O=C(O)C1=NN(c2ccc(S(=O)[O-])cc2)C(=O)C1N=Nc1ccc(S(=O)[O-])cc1.[H-].[H-].[H-].[Na+].[Na+].[Na+]. The summed E-state index contributed by atoms with van der Waals surface area (Å²) in [5.41, 5.74) is -0.201. The van der Waals surface area contributed by atoms with Crippen molar-refractivity contribution >= 4 is 51.1 Å². The summed E-state index contributed by atoms with van der Waals surface area (Å²) in [6.07, 6.45) is 0. The van der Waals surface area contributed by atoms with Crippen LogP contribution in [0.2, 0.25) is 0 Å². The second-order valence-electron chi connectivity index (χ2n) is 5.52. The van der Waals surface area contributed by atoms with Gasteiger partial charge in [0, 0.05) is 9.79 Å². The molecule has 1 heterocycles. The topological polar surface area (TPSA) is 175 Å². The fourth-order valence-electron chi connectivity index (χ4n) is 2.34. The molecule has 2 aromatic rings. The van der Waals surface area contributed by atoms with Gasteiger partial charge in [-0.1, -0.05) is 0 Å². The van der Waals surface area contributed by atoms with E-state index in [1.807, 2.05) is 0 Å². The van der Waals surface area contributed by atoms with Crippen molar-refractivity contribution in [3.05, 3.63) is 48.5 Å². The first-order chi connectivity index (χ1) is 13.8. The van der Waals surface area contributed by atoms with E-state index in [9.17, 15) is 32.2 Å². The molecule has 0 bridgehead atoms. The maximum atomic E-state index is 12.6. The fraction of sp³-hybridized carbons (Fsp3) is 0.0625. The molecule has 3 unspecified atom stereocenters. The van der Waals surface area contributed by atoms with Crippen molar-refractivity contribution in [1.82, 2.24) is 0 Å². The van der Waals surface area contributed by atoms with Gasteiger partial charge in [-0.3, -0.25) is 13.2 Å². The van der Waals surface area contributed by atoms with Crippen LogP contribution >= 0.6 is 0 Å². The zero-order chi connectivity index (χ0) is 21.1. The maximum Gasteiger partial charge on any atom is 1.00 e. The molecule has 3 atom stereocenters. The summed E-state index contributed by atoms with van der Waals surface area (Å²) in [5, 5.41) is 21.4. The standard InChI is InChI=1S/C16H12N4O7S2.3Na.3H/c21-15-13(18-17-9-1-5-11(6-2-9)28(24)25)14(16(22)23)19-20(15)10-3-7-12(8-4-10)29(26)27;;;;;;/h1-8,13H,(H,22,23)(H,24,25)(H,26,27);;;;;;/q;3*+1;3*-1/p-2. The Kier molecular flexibility index (Phi) is 14.3. The smallest absolute Gasteiger partial charge is 1.00 e. The molecule has 1 amide bonds. The molecule has 0 spiro atoms. The third-order valence-electron chi connectivity index (χ3n) is 3.72. The molecule has 0 saturated heterocycles. The Bertz CT molecular complexity index is 1100. The van der Waals surface area contributed by atoms with Gasteiger partial charge in [0.15, 0.2) is 5.71 Å². The first kappa shape index (κ1) is 31.9. The number of nitrogens with zero attached hydrogens (tertiary/aromatic N) is 4. The molecule has 11 nitrogen and oxygen atoms in total. The Morgan fingerprint density at radius 3 is 1.88 bits per heavy atom. The van der Waals surface area contributed by atoms with Crippen molar-refractivity contribution in [2.45, 2.75) is 15.8 Å². The minimum Gasteiger partial charge on any atom is -1.00 e. The Labute approximate surface area is 258 Å². The zero-order valence-electron chi connectivity index (χ0n) is 20.2. The molecule has 0 aromatic heterocycles. The number of aliphatic carboxylic acids is 1. The van der Waals surface area contributed by atoms with Crippen molar-refractivity contribution in [2.75, 3.05) is 5.01 Å². The van der Waals surface area contributed by atoms with Gasteiger partial charge in [-0.05, 0) is 70.7 Å². The minimum atomic E-state index is -2.45. The van der Waals surface area contributed by atoms with E-state index in [4.69, 9.17) is 0 Å². The summed E-state index contributed by atoms with van der Waals surface area (Å²) in [6, 6.07) is 8.77. The van der Waals surface area contributed by atoms with Gasteiger partial charge in [0.25, 0.3) is 5.91 Å². The van der Waals surface area contributed by atoms with Gasteiger partial charge >= 0.3 is 94.6 Å². The number of carboxylic acids is 1. The van der Waals surface area contributed by atoms with Gasteiger partial charge in [-0.15, -0.1) is 0 Å². The number of carbonyl (C=O) groups is 2. The molecule has 0 radical (unpaired) electrons. The van der Waals surface area contributed by atoms with Crippen LogP contribution in [-0.2, 0) is 31.7 Å². The van der Waals surface area contributed by atoms with Gasteiger partial charge in [0.2, 0.25) is 6.04 Å². The van der Waals surface area contributed by atoms with Gasteiger partial charge in [0.1, 0.15) is 0 Å². The molecule has 0 aliphatic carbocycles. The van der Waals surface area contributed by atoms with Crippen LogP contribution in [-0.4, -0.2) is 46.3 Å². The van der Waals surface area contributed by atoms with Crippen LogP contribution in [0.3, 0.4) is 0 Å². The first-order valence-electron chi connectivity index (χ1n) is 7.73. The molecule has 3 rings (SSSR count). The Morgan fingerprint density at radius 2 is 1.44 bits per heavy atom. The molecule has 1 N–H and O–H groups in total. The fourth-order valence-corrected chi connectivity index (χ4v) is 3.06. The second kappa shape index (κ2) is 14.3. The molecular formula is C16H13N4Na3O7S2-2. The van der Waals surface area contributed by atoms with Crippen molar-refractivity contribution in [3.63, 3.8) is 0 Å². The van der Waals surface area contributed by atoms with Crippen LogP contribution in [0.4, 0.5) is 11.4 Å². The van der Waals surface area contributed by atoms with E-state index in [-0.39, 0.29) is 114 Å². The number of carbonyl (C=O) groups excluding carboxylic acids is 1. The van der Waals surface area contributed by atoms with Gasteiger partial charge in [0.05, 0.1) is 11.4 Å². The van der Waals surface area contributed by atoms with Crippen molar-refractivity contribution in [3.8, 4) is 0 Å². The van der Waals surface area contributed by atoms with Crippen LogP contribution < -0.4 is 93.7 Å². The molecule has 16 heteroatoms. The van der Waals surface area contributed by atoms with E-state index in [0.717, 1.165) is 5.01 Å². The Morgan fingerprint density at radius 1 is 0.969 bits per heavy atom. The largest absolute Gasteiger partial charge is 1.00 e. The number of hydrazone groups is 1. The number of hydrogen-bond acceptors (Lipinski definition) is 9. The second-order valence-corrected chi connectivity index (χ2v) is 7.40. The monoisotopic (exact) mass is 506 g/mol. The summed E-state index contributed by atoms with van der Waals surface area (Å²) >= 11 is -4.86. The number of hydrogen-bond donors (Lipinski definition) is 1. The number of azo groups is 1. The summed E-state index contributed by atoms with van der Waals surface area (Å²) in [7, 11) is 0. The minimum absolute atomic E-state index is 0. The molecule has 0 saturated carbocycles. The van der Waals surface area contributed by atoms with Gasteiger partial charge in [-0.25, -0.2) is 4.79 Å². The molecular weight excluding hydrogens is 493 g/mol. The third kappa shape index (κ3) is 7.70. The predicted molar refractivity (Wildman–Crippen MR) is 101 cm³/mol. The van der Waals surface area contributed by atoms with Gasteiger partial charge < -0.3 is 18.5 Å². The van der Waals surface area contributed by atoms with E-state index >= 15 is 0 Å². The van der Waals surface area contributed by atoms with E-state index < -0.39 is 45.8 Å². The van der Waals surface area contributed by atoms with Crippen LogP contribution in [0.1, 0.15) is 4.28 Å². The molecule has 1 aliphatic rings. The number of rotatable bonds is 6. The predicted octanol–water partition coefficient (Wildman–Crippen LogP) is -7.55. The maximum absolute atomic E-state index is 12.6. The molecule has 156 valence electrons. The van der Waals surface area contributed by atoms with Crippen molar-refractivity contribution < 1.29 is 125 Å². The van der Waals surface area contributed by atoms with Crippen LogP contribution in [0.25, 0.3) is 0 Å². The summed E-state index contributed by atoms with van der Waals surface area (Å²) in [5.74, 6) is -2.27. The summed E-state index contributed by atoms with van der Waals surface area (Å²) in [4.78, 5) is 24.1. The molecule has 32 heavy (non-hydrogen) atoms.